The quantitative estimate of drug-likeness (QED) is 0.910. The largest absolute Gasteiger partial charge is 0.497 e. The summed E-state index contributed by atoms with van der Waals surface area (Å²) >= 11 is 0. The number of urea groups is 1. The molecule has 0 aliphatic carbocycles. The van der Waals surface area contributed by atoms with Gasteiger partial charge >= 0.3 is 6.03 Å². The van der Waals surface area contributed by atoms with Crippen molar-refractivity contribution < 1.29 is 17.9 Å². The van der Waals surface area contributed by atoms with Crippen LogP contribution >= 0.6 is 0 Å². The molecule has 132 valence electrons. The Hall–Kier alpha value is -2.54. The summed E-state index contributed by atoms with van der Waals surface area (Å²) in [5, 5.41) is 2.83. The Labute approximate surface area is 147 Å². The predicted molar refractivity (Wildman–Crippen MR) is 98.0 cm³/mol. The molecule has 1 atom stereocenters. The van der Waals surface area contributed by atoms with Crippen molar-refractivity contribution in [2.45, 2.75) is 12.5 Å². The Morgan fingerprint density at radius 3 is 2.36 bits per heavy atom. The highest BCUT2D eigenvalue weighted by atomic mass is 32.2. The fourth-order valence-electron chi connectivity index (χ4n) is 2.92. The highest BCUT2D eigenvalue weighted by molar-refractivity contribution is 7.91. The van der Waals surface area contributed by atoms with Gasteiger partial charge in [0.15, 0.2) is 9.84 Å². The number of rotatable bonds is 4. The van der Waals surface area contributed by atoms with Gasteiger partial charge in [0, 0.05) is 11.4 Å². The number of ether oxygens (including phenoxy) is 1. The van der Waals surface area contributed by atoms with Crippen LogP contribution in [-0.4, -0.2) is 39.1 Å². The Balaban J connectivity index is 1.89. The average Bonchev–Trinajstić information content (AvgIpc) is 2.96. The van der Waals surface area contributed by atoms with Crippen LogP contribution in [-0.2, 0) is 9.84 Å². The lowest BCUT2D eigenvalue weighted by atomic mass is 10.2. The highest BCUT2D eigenvalue weighted by Crippen LogP contribution is 2.27. The Kier molecular flexibility index (Phi) is 4.94. The standard InChI is InChI=1S/C18H20N2O4S/c1-24-17-9-7-15(8-10-17)20(16-11-12-25(22,23)13-16)18(21)19-14-5-3-2-4-6-14/h2-10,16H,11-13H2,1H3,(H,19,21)/t16-/m0/s1. The van der Waals surface area contributed by atoms with Crippen molar-refractivity contribution in [3.05, 3.63) is 54.6 Å². The Morgan fingerprint density at radius 2 is 1.80 bits per heavy atom. The number of para-hydroxylation sites is 1. The Bertz CT molecular complexity index is 835. The summed E-state index contributed by atoms with van der Waals surface area (Å²) in [6.07, 6.45) is 0.427. The van der Waals surface area contributed by atoms with Gasteiger partial charge in [-0.3, -0.25) is 4.90 Å². The molecule has 2 aromatic rings. The maximum Gasteiger partial charge on any atom is 0.326 e. The number of amides is 2. The van der Waals surface area contributed by atoms with Crippen LogP contribution in [0.5, 0.6) is 5.75 Å². The van der Waals surface area contributed by atoms with Crippen LogP contribution in [0.3, 0.4) is 0 Å². The summed E-state index contributed by atoms with van der Waals surface area (Å²) in [7, 11) is -1.55. The summed E-state index contributed by atoms with van der Waals surface area (Å²) in [5.74, 6) is 0.746. The molecule has 0 radical (unpaired) electrons. The molecular weight excluding hydrogens is 340 g/mol. The van der Waals surface area contributed by atoms with Crippen LogP contribution in [0.2, 0.25) is 0 Å². The topological polar surface area (TPSA) is 75.7 Å². The third-order valence-electron chi connectivity index (χ3n) is 4.17. The van der Waals surface area contributed by atoms with Gasteiger partial charge in [0.25, 0.3) is 0 Å². The number of hydrogen-bond acceptors (Lipinski definition) is 4. The number of nitrogens with zero attached hydrogens (tertiary/aromatic N) is 1. The molecule has 7 heteroatoms. The fourth-order valence-corrected chi connectivity index (χ4v) is 4.62. The third kappa shape index (κ3) is 4.11. The summed E-state index contributed by atoms with van der Waals surface area (Å²) in [6.45, 7) is 0. The van der Waals surface area contributed by atoms with Gasteiger partial charge in [-0.15, -0.1) is 0 Å². The molecule has 25 heavy (non-hydrogen) atoms. The maximum absolute atomic E-state index is 12.9. The van der Waals surface area contributed by atoms with E-state index in [1.54, 1.807) is 43.5 Å². The first-order valence-electron chi connectivity index (χ1n) is 7.98. The number of carbonyl (C=O) groups is 1. The van der Waals surface area contributed by atoms with Crippen LogP contribution in [0.25, 0.3) is 0 Å². The van der Waals surface area contributed by atoms with E-state index in [1.807, 2.05) is 18.2 Å². The van der Waals surface area contributed by atoms with Crippen LogP contribution in [0, 0.1) is 0 Å². The molecule has 0 bridgehead atoms. The van der Waals surface area contributed by atoms with Crippen molar-refractivity contribution in [2.75, 3.05) is 28.8 Å². The molecule has 1 N–H and O–H groups in total. The molecule has 0 saturated carbocycles. The minimum Gasteiger partial charge on any atom is -0.497 e. The lowest BCUT2D eigenvalue weighted by molar-refractivity contribution is 0.255. The zero-order chi connectivity index (χ0) is 17.9. The van der Waals surface area contributed by atoms with Gasteiger partial charge in [0.05, 0.1) is 24.7 Å². The van der Waals surface area contributed by atoms with E-state index in [-0.39, 0.29) is 23.6 Å². The molecule has 1 fully saturated rings. The normalized spacial score (nSPS) is 18.5. The minimum absolute atomic E-state index is 0.0265. The van der Waals surface area contributed by atoms with Gasteiger partial charge in [-0.2, -0.15) is 0 Å². The lowest BCUT2D eigenvalue weighted by Crippen LogP contribution is -2.44. The Morgan fingerprint density at radius 1 is 1.12 bits per heavy atom. The van der Waals surface area contributed by atoms with E-state index in [0.29, 0.717) is 23.5 Å². The number of benzene rings is 2. The molecule has 1 aliphatic heterocycles. The van der Waals surface area contributed by atoms with Crippen LogP contribution in [0.1, 0.15) is 6.42 Å². The average molecular weight is 360 g/mol. The van der Waals surface area contributed by atoms with Crippen molar-refractivity contribution in [3.63, 3.8) is 0 Å². The first-order chi connectivity index (χ1) is 12.0. The van der Waals surface area contributed by atoms with Crippen molar-refractivity contribution in [3.8, 4) is 5.75 Å². The predicted octanol–water partition coefficient (Wildman–Crippen LogP) is 2.92. The number of nitrogens with one attached hydrogen (secondary N) is 1. The van der Waals surface area contributed by atoms with E-state index in [1.165, 1.54) is 4.90 Å². The summed E-state index contributed by atoms with van der Waals surface area (Å²) < 4.78 is 28.9. The zero-order valence-electron chi connectivity index (χ0n) is 13.9. The van der Waals surface area contributed by atoms with Crippen molar-refractivity contribution in [1.29, 1.82) is 0 Å². The van der Waals surface area contributed by atoms with E-state index >= 15 is 0 Å². The molecule has 0 spiro atoms. The molecule has 2 aromatic carbocycles. The molecular formula is C18H20N2O4S. The van der Waals surface area contributed by atoms with E-state index in [9.17, 15) is 13.2 Å². The van der Waals surface area contributed by atoms with Gasteiger partial charge in [-0.25, -0.2) is 13.2 Å². The smallest absolute Gasteiger partial charge is 0.326 e. The van der Waals surface area contributed by atoms with Crippen LogP contribution < -0.4 is 15.0 Å². The van der Waals surface area contributed by atoms with Crippen molar-refractivity contribution in [2.24, 2.45) is 0 Å². The number of methoxy groups -OCH3 is 1. The number of hydrogen-bond donors (Lipinski definition) is 1. The number of sulfone groups is 1. The third-order valence-corrected chi connectivity index (χ3v) is 5.92. The van der Waals surface area contributed by atoms with Gasteiger partial charge < -0.3 is 10.1 Å². The molecule has 2 amide bonds. The van der Waals surface area contributed by atoms with Gasteiger partial charge in [0.1, 0.15) is 5.75 Å². The SMILES string of the molecule is COc1ccc(N(C(=O)Nc2ccccc2)[C@H]2CCS(=O)(=O)C2)cc1. The monoisotopic (exact) mass is 360 g/mol. The molecule has 0 aromatic heterocycles. The zero-order valence-corrected chi connectivity index (χ0v) is 14.7. The maximum atomic E-state index is 12.9. The van der Waals surface area contributed by atoms with E-state index in [4.69, 9.17) is 4.74 Å². The summed E-state index contributed by atoms with van der Waals surface area (Å²) in [6, 6.07) is 15.4. The molecule has 1 aliphatic rings. The second kappa shape index (κ2) is 7.14. The van der Waals surface area contributed by atoms with Crippen LogP contribution in [0.15, 0.2) is 54.6 Å². The van der Waals surface area contributed by atoms with E-state index < -0.39 is 9.84 Å². The van der Waals surface area contributed by atoms with Gasteiger partial charge in [-0.05, 0) is 42.8 Å². The number of anilines is 2. The molecule has 0 unspecified atom stereocenters. The first-order valence-corrected chi connectivity index (χ1v) is 9.80. The summed E-state index contributed by atoms with van der Waals surface area (Å²) in [4.78, 5) is 14.4. The second-order valence-corrected chi connectivity index (χ2v) is 8.15. The van der Waals surface area contributed by atoms with Crippen LogP contribution in [0.4, 0.5) is 16.2 Å². The molecule has 1 saturated heterocycles. The molecule has 1 heterocycles. The van der Waals surface area contributed by atoms with Gasteiger partial charge in [-0.1, -0.05) is 18.2 Å². The minimum atomic E-state index is -3.11. The first kappa shape index (κ1) is 17.3. The number of carbonyl (C=O) groups excluding carboxylic acids is 1. The van der Waals surface area contributed by atoms with Gasteiger partial charge in [0.2, 0.25) is 0 Å². The highest BCUT2D eigenvalue weighted by Gasteiger charge is 2.35. The van der Waals surface area contributed by atoms with Crippen molar-refractivity contribution in [1.82, 2.24) is 0 Å². The molecule has 6 nitrogen and oxygen atoms in total. The van der Waals surface area contributed by atoms with E-state index in [2.05, 4.69) is 5.32 Å². The summed E-state index contributed by atoms with van der Waals surface area (Å²) in [5.41, 5.74) is 1.29. The van der Waals surface area contributed by atoms with E-state index in [0.717, 1.165) is 0 Å². The van der Waals surface area contributed by atoms with Crippen molar-refractivity contribution >= 4 is 27.2 Å². The lowest BCUT2D eigenvalue weighted by Gasteiger charge is -2.28. The fraction of sp³-hybridized carbons (Fsp3) is 0.278. The second-order valence-electron chi connectivity index (χ2n) is 5.92. The molecule has 3 rings (SSSR count).